The Hall–Kier alpha value is -2.19. The molecule has 1 aromatic heterocycles. The number of amides is 2. The summed E-state index contributed by atoms with van der Waals surface area (Å²) in [6.45, 7) is 3.97. The van der Waals surface area contributed by atoms with Crippen LogP contribution >= 0.6 is 11.3 Å². The third-order valence-electron chi connectivity index (χ3n) is 5.76. The fourth-order valence-corrected chi connectivity index (χ4v) is 4.82. The van der Waals surface area contributed by atoms with Crippen LogP contribution < -0.4 is 10.2 Å². The molecule has 2 aromatic rings. The van der Waals surface area contributed by atoms with Crippen molar-refractivity contribution < 1.29 is 18.3 Å². The maximum absolute atomic E-state index is 13.5. The molecule has 1 aromatic carbocycles. The van der Waals surface area contributed by atoms with Crippen LogP contribution in [-0.4, -0.2) is 49.8 Å². The molecule has 0 saturated carbocycles. The standard InChI is InChI=1S/C22H27F2N3O2S/c23-20-6-5-17(11-21(20)24)26-8-7-16(13-26)12-25-22(28)27(14-18-3-1-9-29-18)15-19-4-2-10-30-19/h2,4-6,10-11,16,18H,1,3,7-9,12-15H2,(H,25,28). The summed E-state index contributed by atoms with van der Waals surface area (Å²) in [4.78, 5) is 17.9. The van der Waals surface area contributed by atoms with Gasteiger partial charge in [0.15, 0.2) is 11.6 Å². The summed E-state index contributed by atoms with van der Waals surface area (Å²) >= 11 is 1.64. The topological polar surface area (TPSA) is 44.8 Å². The first-order valence-electron chi connectivity index (χ1n) is 10.5. The number of halogens is 2. The molecule has 2 aliphatic rings. The number of ether oxygens (including phenoxy) is 1. The van der Waals surface area contributed by atoms with Crippen molar-refractivity contribution >= 4 is 23.1 Å². The summed E-state index contributed by atoms with van der Waals surface area (Å²) in [6.07, 6.45) is 3.03. The number of nitrogens with one attached hydrogen (secondary N) is 1. The summed E-state index contributed by atoms with van der Waals surface area (Å²) in [5.41, 5.74) is 0.681. The highest BCUT2D eigenvalue weighted by Crippen LogP contribution is 2.25. The molecule has 2 amide bonds. The maximum atomic E-state index is 13.5. The maximum Gasteiger partial charge on any atom is 0.317 e. The second-order valence-electron chi connectivity index (χ2n) is 7.98. The van der Waals surface area contributed by atoms with Gasteiger partial charge in [0.05, 0.1) is 12.6 Å². The molecule has 0 radical (unpaired) electrons. The van der Waals surface area contributed by atoms with Gasteiger partial charge in [0.25, 0.3) is 0 Å². The van der Waals surface area contributed by atoms with E-state index in [0.29, 0.717) is 31.9 Å². The number of rotatable bonds is 7. The normalized spacial score (nSPS) is 21.2. The van der Waals surface area contributed by atoms with Crippen molar-refractivity contribution in [2.45, 2.75) is 31.9 Å². The number of carbonyl (C=O) groups is 1. The first kappa shape index (κ1) is 21.1. The highest BCUT2D eigenvalue weighted by molar-refractivity contribution is 7.09. The Balaban J connectivity index is 1.30. The number of hydrogen-bond donors (Lipinski definition) is 1. The lowest BCUT2D eigenvalue weighted by Gasteiger charge is -2.26. The number of benzene rings is 1. The molecular weight excluding hydrogens is 408 g/mol. The van der Waals surface area contributed by atoms with E-state index < -0.39 is 11.6 Å². The molecule has 2 fully saturated rings. The van der Waals surface area contributed by atoms with Crippen LogP contribution in [0.3, 0.4) is 0 Å². The fourth-order valence-electron chi connectivity index (χ4n) is 4.10. The average Bonchev–Trinajstić information content (AvgIpc) is 3.51. The predicted octanol–water partition coefficient (Wildman–Crippen LogP) is 4.24. The van der Waals surface area contributed by atoms with Gasteiger partial charge in [-0.15, -0.1) is 11.3 Å². The van der Waals surface area contributed by atoms with Crippen LogP contribution in [0.2, 0.25) is 0 Å². The lowest BCUT2D eigenvalue weighted by Crippen LogP contribution is -2.44. The van der Waals surface area contributed by atoms with Crippen molar-refractivity contribution in [1.29, 1.82) is 0 Å². The average molecular weight is 436 g/mol. The minimum absolute atomic E-state index is 0.0785. The minimum atomic E-state index is -0.834. The Bertz CT molecular complexity index is 843. The summed E-state index contributed by atoms with van der Waals surface area (Å²) in [6, 6.07) is 7.95. The molecule has 4 rings (SSSR count). The van der Waals surface area contributed by atoms with Crippen LogP contribution in [0, 0.1) is 17.6 Å². The highest BCUT2D eigenvalue weighted by Gasteiger charge is 2.26. The second-order valence-corrected chi connectivity index (χ2v) is 9.01. The largest absolute Gasteiger partial charge is 0.376 e. The van der Waals surface area contributed by atoms with E-state index in [2.05, 4.69) is 5.32 Å². The smallest absolute Gasteiger partial charge is 0.317 e. The summed E-state index contributed by atoms with van der Waals surface area (Å²) in [7, 11) is 0. The zero-order valence-electron chi connectivity index (χ0n) is 16.9. The summed E-state index contributed by atoms with van der Waals surface area (Å²) in [5, 5.41) is 5.10. The minimum Gasteiger partial charge on any atom is -0.376 e. The second kappa shape index (κ2) is 9.75. The van der Waals surface area contributed by atoms with Gasteiger partial charge in [-0.2, -0.15) is 0 Å². The van der Waals surface area contributed by atoms with Gasteiger partial charge < -0.3 is 19.9 Å². The summed E-state index contributed by atoms with van der Waals surface area (Å²) < 4.78 is 32.4. The lowest BCUT2D eigenvalue weighted by atomic mass is 10.1. The van der Waals surface area contributed by atoms with Crippen LogP contribution in [0.5, 0.6) is 0 Å². The van der Waals surface area contributed by atoms with E-state index in [1.165, 1.54) is 6.07 Å². The van der Waals surface area contributed by atoms with Crippen LogP contribution in [0.1, 0.15) is 24.1 Å². The van der Waals surface area contributed by atoms with Gasteiger partial charge in [-0.1, -0.05) is 6.07 Å². The van der Waals surface area contributed by atoms with E-state index in [-0.39, 0.29) is 18.1 Å². The van der Waals surface area contributed by atoms with Gasteiger partial charge in [0.1, 0.15) is 0 Å². The van der Waals surface area contributed by atoms with E-state index in [9.17, 15) is 13.6 Å². The first-order valence-corrected chi connectivity index (χ1v) is 11.3. The van der Waals surface area contributed by atoms with Crippen LogP contribution in [0.4, 0.5) is 19.3 Å². The van der Waals surface area contributed by atoms with Crippen molar-refractivity contribution in [2.75, 3.05) is 37.7 Å². The Kier molecular flexibility index (Phi) is 6.84. The van der Waals surface area contributed by atoms with E-state index in [1.54, 1.807) is 17.4 Å². The van der Waals surface area contributed by atoms with Crippen LogP contribution in [0.15, 0.2) is 35.7 Å². The highest BCUT2D eigenvalue weighted by atomic mass is 32.1. The van der Waals surface area contributed by atoms with Crippen molar-refractivity contribution in [1.82, 2.24) is 10.2 Å². The summed E-state index contributed by atoms with van der Waals surface area (Å²) in [5.74, 6) is -1.39. The zero-order valence-corrected chi connectivity index (χ0v) is 17.7. The number of thiophene rings is 1. The quantitative estimate of drug-likeness (QED) is 0.708. The van der Waals surface area contributed by atoms with Crippen LogP contribution in [-0.2, 0) is 11.3 Å². The van der Waals surface area contributed by atoms with Gasteiger partial charge >= 0.3 is 6.03 Å². The van der Waals surface area contributed by atoms with E-state index in [0.717, 1.165) is 43.4 Å². The molecule has 1 N–H and O–H groups in total. The predicted molar refractivity (Wildman–Crippen MR) is 114 cm³/mol. The molecule has 8 heteroatoms. The van der Waals surface area contributed by atoms with Crippen molar-refractivity contribution in [3.63, 3.8) is 0 Å². The van der Waals surface area contributed by atoms with Crippen molar-refractivity contribution in [2.24, 2.45) is 5.92 Å². The van der Waals surface area contributed by atoms with Crippen molar-refractivity contribution in [3.8, 4) is 0 Å². The van der Waals surface area contributed by atoms with Gasteiger partial charge in [-0.25, -0.2) is 13.6 Å². The molecule has 0 bridgehead atoms. The molecule has 2 aliphatic heterocycles. The third kappa shape index (κ3) is 5.29. The van der Waals surface area contributed by atoms with Crippen LogP contribution in [0.25, 0.3) is 0 Å². The van der Waals surface area contributed by atoms with Gasteiger partial charge in [0.2, 0.25) is 0 Å². The molecule has 2 unspecified atom stereocenters. The number of hydrogen-bond acceptors (Lipinski definition) is 4. The molecule has 5 nitrogen and oxygen atoms in total. The Morgan fingerprint density at radius 3 is 2.90 bits per heavy atom. The first-order chi connectivity index (χ1) is 14.6. The molecule has 2 saturated heterocycles. The Morgan fingerprint density at radius 2 is 2.17 bits per heavy atom. The van der Waals surface area contributed by atoms with Gasteiger partial charge in [0, 0.05) is 49.4 Å². The number of carbonyl (C=O) groups excluding carboxylic acids is 1. The lowest BCUT2D eigenvalue weighted by molar-refractivity contribution is 0.0796. The Morgan fingerprint density at radius 1 is 1.27 bits per heavy atom. The SMILES string of the molecule is O=C(NCC1CCN(c2ccc(F)c(F)c2)C1)N(Cc1cccs1)CC1CCCO1. The molecule has 162 valence electrons. The zero-order chi connectivity index (χ0) is 20.9. The Labute approximate surface area is 179 Å². The molecule has 0 aliphatic carbocycles. The molecular formula is C22H27F2N3O2S. The molecule has 2 atom stereocenters. The monoisotopic (exact) mass is 435 g/mol. The van der Waals surface area contributed by atoms with Gasteiger partial charge in [-0.3, -0.25) is 0 Å². The molecule has 0 spiro atoms. The molecule has 30 heavy (non-hydrogen) atoms. The van der Waals surface area contributed by atoms with Gasteiger partial charge in [-0.05, 0) is 48.8 Å². The van der Waals surface area contributed by atoms with E-state index in [1.807, 2.05) is 27.3 Å². The van der Waals surface area contributed by atoms with E-state index in [4.69, 9.17) is 4.74 Å². The molecule has 3 heterocycles. The number of urea groups is 1. The van der Waals surface area contributed by atoms with Crippen molar-refractivity contribution in [3.05, 3.63) is 52.2 Å². The van der Waals surface area contributed by atoms with E-state index >= 15 is 0 Å². The third-order valence-corrected chi connectivity index (χ3v) is 6.62. The number of anilines is 1. The number of nitrogens with zero attached hydrogens (tertiary/aromatic N) is 2. The fraction of sp³-hybridized carbons (Fsp3) is 0.500.